The minimum Gasteiger partial charge on any atom is -0.363 e. The molecular weight excluding hydrogens is 347 g/mol. The predicted molar refractivity (Wildman–Crippen MR) is 81.4 cm³/mol. The van der Waals surface area contributed by atoms with Crippen LogP contribution < -0.4 is 16.6 Å². The van der Waals surface area contributed by atoms with E-state index in [4.69, 9.17) is 17.4 Å². The summed E-state index contributed by atoms with van der Waals surface area (Å²) in [5, 5.41) is 7.20. The van der Waals surface area contributed by atoms with Crippen molar-refractivity contribution < 1.29 is 18.0 Å². The Morgan fingerprint density at radius 1 is 1.38 bits per heavy atom. The standard InChI is InChI=1S/C14H13ClF3N5O/c15-8-3-1-7(2-4-8)9-5-11(14(16,17)18)23-12(20-9)6-10(22-23)13(24)21-19/h1-4,6,9,11,20H,5,19H2,(H,21,24)/t9-,11-/m0/s1. The zero-order chi connectivity index (χ0) is 17.5. The van der Waals surface area contributed by atoms with E-state index >= 15 is 0 Å². The molecule has 0 radical (unpaired) electrons. The molecule has 0 saturated carbocycles. The third-order valence-corrected chi connectivity index (χ3v) is 4.08. The van der Waals surface area contributed by atoms with E-state index in [2.05, 4.69) is 10.4 Å². The van der Waals surface area contributed by atoms with Gasteiger partial charge in [0.15, 0.2) is 11.7 Å². The van der Waals surface area contributed by atoms with Gasteiger partial charge in [-0.2, -0.15) is 18.3 Å². The third-order valence-electron chi connectivity index (χ3n) is 3.83. The summed E-state index contributed by atoms with van der Waals surface area (Å²) in [6.07, 6.45) is -4.77. The number of nitrogens with zero attached hydrogens (tertiary/aromatic N) is 2. The van der Waals surface area contributed by atoms with Crippen molar-refractivity contribution in [2.45, 2.75) is 24.7 Å². The maximum absolute atomic E-state index is 13.4. The lowest BCUT2D eigenvalue weighted by Gasteiger charge is -2.33. The van der Waals surface area contributed by atoms with E-state index in [1.165, 1.54) is 6.07 Å². The van der Waals surface area contributed by atoms with Crippen LogP contribution in [0.4, 0.5) is 19.0 Å². The Labute approximate surface area is 139 Å². The second-order valence-corrected chi connectivity index (χ2v) is 5.81. The summed E-state index contributed by atoms with van der Waals surface area (Å²) < 4.78 is 41.1. The summed E-state index contributed by atoms with van der Waals surface area (Å²) in [4.78, 5) is 11.5. The van der Waals surface area contributed by atoms with E-state index in [-0.39, 0.29) is 17.9 Å². The van der Waals surface area contributed by atoms with Crippen LogP contribution in [0.5, 0.6) is 0 Å². The van der Waals surface area contributed by atoms with Crippen LogP contribution in [0.3, 0.4) is 0 Å². The van der Waals surface area contributed by atoms with Gasteiger partial charge in [-0.05, 0) is 17.7 Å². The van der Waals surface area contributed by atoms with E-state index in [1.54, 1.807) is 24.3 Å². The Bertz CT molecular complexity index is 759. The highest BCUT2D eigenvalue weighted by Gasteiger charge is 2.46. The van der Waals surface area contributed by atoms with Crippen molar-refractivity contribution in [3.8, 4) is 0 Å². The van der Waals surface area contributed by atoms with E-state index in [0.717, 1.165) is 4.68 Å². The van der Waals surface area contributed by atoms with Crippen LogP contribution in [0.2, 0.25) is 5.02 Å². The molecule has 0 bridgehead atoms. The van der Waals surface area contributed by atoms with Gasteiger partial charge in [-0.15, -0.1) is 0 Å². The molecule has 1 aliphatic rings. The number of amides is 1. The first-order chi connectivity index (χ1) is 11.3. The maximum Gasteiger partial charge on any atom is 0.410 e. The number of hydrogen-bond donors (Lipinski definition) is 3. The van der Waals surface area contributed by atoms with E-state index in [9.17, 15) is 18.0 Å². The van der Waals surface area contributed by atoms with Gasteiger partial charge in [0.2, 0.25) is 0 Å². The molecule has 4 N–H and O–H groups in total. The second kappa shape index (κ2) is 5.99. The molecule has 0 saturated heterocycles. The summed E-state index contributed by atoms with van der Waals surface area (Å²) in [6.45, 7) is 0. The first kappa shape index (κ1) is 16.6. The van der Waals surface area contributed by atoms with E-state index in [0.29, 0.717) is 10.6 Å². The van der Waals surface area contributed by atoms with Crippen molar-refractivity contribution in [2.75, 3.05) is 5.32 Å². The molecule has 3 rings (SSSR count). The largest absolute Gasteiger partial charge is 0.410 e. The van der Waals surface area contributed by atoms with Gasteiger partial charge >= 0.3 is 6.18 Å². The van der Waals surface area contributed by atoms with Gasteiger partial charge in [-0.3, -0.25) is 10.2 Å². The molecule has 1 aromatic carbocycles. The van der Waals surface area contributed by atoms with Crippen molar-refractivity contribution in [1.29, 1.82) is 0 Å². The number of nitrogens with two attached hydrogens (primary N) is 1. The number of nitrogen functional groups attached to an aromatic ring is 1. The number of hydrazine groups is 1. The molecule has 1 aliphatic heterocycles. The molecule has 1 amide bonds. The van der Waals surface area contributed by atoms with Gasteiger partial charge in [-0.25, -0.2) is 10.5 Å². The Hall–Kier alpha value is -2.26. The summed E-state index contributed by atoms with van der Waals surface area (Å²) in [5.74, 6) is 4.35. The SMILES string of the molecule is NNC(=O)c1cc2n(n1)[C@H](C(F)(F)F)C[C@@H](c1ccc(Cl)cc1)N2. The average molecular weight is 360 g/mol. The Morgan fingerprint density at radius 3 is 2.62 bits per heavy atom. The second-order valence-electron chi connectivity index (χ2n) is 5.37. The lowest BCUT2D eigenvalue weighted by atomic mass is 9.97. The summed E-state index contributed by atoms with van der Waals surface area (Å²) >= 11 is 5.82. The van der Waals surface area contributed by atoms with Gasteiger partial charge in [-0.1, -0.05) is 23.7 Å². The number of carbonyl (C=O) groups excluding carboxylic acids is 1. The average Bonchev–Trinajstić information content (AvgIpc) is 2.96. The van der Waals surface area contributed by atoms with Crippen LogP contribution in [-0.4, -0.2) is 21.9 Å². The lowest BCUT2D eigenvalue weighted by Crippen LogP contribution is -2.36. The van der Waals surface area contributed by atoms with Crippen molar-refractivity contribution >= 4 is 23.3 Å². The van der Waals surface area contributed by atoms with Gasteiger partial charge in [0.1, 0.15) is 5.82 Å². The number of carbonyl (C=O) groups is 1. The number of halogens is 4. The first-order valence-electron chi connectivity index (χ1n) is 6.99. The van der Waals surface area contributed by atoms with Crippen molar-refractivity contribution in [3.63, 3.8) is 0 Å². The predicted octanol–water partition coefficient (Wildman–Crippen LogP) is 2.80. The number of hydrogen-bond acceptors (Lipinski definition) is 4. The third kappa shape index (κ3) is 3.04. The topological polar surface area (TPSA) is 85.0 Å². The van der Waals surface area contributed by atoms with Crippen LogP contribution >= 0.6 is 11.6 Å². The normalized spacial score (nSPS) is 20.2. The van der Waals surface area contributed by atoms with Crippen LogP contribution in [0, 0.1) is 0 Å². The van der Waals surface area contributed by atoms with E-state index in [1.807, 2.05) is 5.43 Å². The van der Waals surface area contributed by atoms with Crippen LogP contribution in [0.1, 0.15) is 34.6 Å². The lowest BCUT2D eigenvalue weighted by molar-refractivity contribution is -0.173. The number of fused-ring (bicyclic) bond motifs is 1. The molecule has 0 aliphatic carbocycles. The number of rotatable bonds is 2. The first-order valence-corrected chi connectivity index (χ1v) is 7.36. The Balaban J connectivity index is 2.00. The quantitative estimate of drug-likeness (QED) is 0.437. The molecular formula is C14H13ClF3N5O. The Morgan fingerprint density at radius 2 is 2.04 bits per heavy atom. The minimum atomic E-state index is -4.51. The van der Waals surface area contributed by atoms with Crippen LogP contribution in [-0.2, 0) is 0 Å². The van der Waals surface area contributed by atoms with Gasteiger partial charge in [0.25, 0.3) is 5.91 Å². The zero-order valence-corrected chi connectivity index (χ0v) is 12.9. The summed E-state index contributed by atoms with van der Waals surface area (Å²) in [5.41, 5.74) is 2.32. The number of nitrogens with one attached hydrogen (secondary N) is 2. The molecule has 24 heavy (non-hydrogen) atoms. The number of benzene rings is 1. The fraction of sp³-hybridized carbons (Fsp3) is 0.286. The van der Waals surface area contributed by atoms with E-state index < -0.39 is 24.2 Å². The van der Waals surface area contributed by atoms with Crippen LogP contribution in [0.25, 0.3) is 0 Å². The number of anilines is 1. The Kier molecular flexibility index (Phi) is 4.14. The molecule has 2 heterocycles. The molecule has 1 aromatic heterocycles. The van der Waals surface area contributed by atoms with Gasteiger partial charge in [0.05, 0.1) is 6.04 Å². The molecule has 0 fully saturated rings. The minimum absolute atomic E-state index is 0.0992. The highest BCUT2D eigenvalue weighted by molar-refractivity contribution is 6.30. The molecule has 128 valence electrons. The van der Waals surface area contributed by atoms with Crippen molar-refractivity contribution in [3.05, 3.63) is 46.6 Å². The fourth-order valence-corrected chi connectivity index (χ4v) is 2.80. The molecule has 0 spiro atoms. The fourth-order valence-electron chi connectivity index (χ4n) is 2.67. The molecule has 6 nitrogen and oxygen atoms in total. The van der Waals surface area contributed by atoms with Gasteiger partial charge in [0, 0.05) is 17.5 Å². The molecule has 10 heteroatoms. The molecule has 0 unspecified atom stereocenters. The monoisotopic (exact) mass is 359 g/mol. The van der Waals surface area contributed by atoms with Crippen molar-refractivity contribution in [1.82, 2.24) is 15.2 Å². The summed E-state index contributed by atoms with van der Waals surface area (Å²) in [7, 11) is 0. The number of alkyl halides is 3. The molecule has 2 atom stereocenters. The summed E-state index contributed by atoms with van der Waals surface area (Å²) in [6, 6.07) is 5.34. The zero-order valence-electron chi connectivity index (χ0n) is 12.1. The van der Waals surface area contributed by atoms with Crippen LogP contribution in [0.15, 0.2) is 30.3 Å². The van der Waals surface area contributed by atoms with Gasteiger partial charge < -0.3 is 5.32 Å². The maximum atomic E-state index is 13.4. The smallest absolute Gasteiger partial charge is 0.363 e. The van der Waals surface area contributed by atoms with Crippen molar-refractivity contribution in [2.24, 2.45) is 5.84 Å². The highest BCUT2D eigenvalue weighted by atomic mass is 35.5. The highest BCUT2D eigenvalue weighted by Crippen LogP contribution is 2.43. The number of aromatic nitrogens is 2. The molecule has 2 aromatic rings.